The zero-order chi connectivity index (χ0) is 63.7. The zero-order valence-corrected chi connectivity index (χ0v) is 52.9. The van der Waals surface area contributed by atoms with Crippen LogP contribution in [0, 0.1) is 12.8 Å². The molecule has 90 heavy (non-hydrogen) atoms. The number of pyridine rings is 1. The third kappa shape index (κ3) is 13.6. The number of aromatic nitrogens is 7. The van der Waals surface area contributed by atoms with Crippen molar-refractivity contribution < 1.29 is 57.4 Å². The van der Waals surface area contributed by atoms with Gasteiger partial charge in [-0.3, -0.25) is 43.2 Å². The number of fused-ring (bicyclic) bond motifs is 16. The molecule has 2 aromatic carbocycles. The number of ether oxygens (including phenoxy) is 3. The van der Waals surface area contributed by atoms with Crippen molar-refractivity contribution in [3.63, 3.8) is 0 Å². The molecule has 460 valence electrons. The van der Waals surface area contributed by atoms with Gasteiger partial charge in [0.1, 0.15) is 93.8 Å². The van der Waals surface area contributed by atoms with E-state index in [1.807, 2.05) is 6.92 Å². The number of rotatable bonds is 11. The first-order valence-electron chi connectivity index (χ1n) is 27.4. The van der Waals surface area contributed by atoms with Gasteiger partial charge in [0.25, 0.3) is 23.6 Å². The maximum absolute atomic E-state index is 15.6. The number of carbonyl (C=O) groups excluding carboxylic acids is 9. The van der Waals surface area contributed by atoms with Gasteiger partial charge in [-0.25, -0.2) is 34.9 Å². The molecule has 1 unspecified atom stereocenters. The van der Waals surface area contributed by atoms with Gasteiger partial charge in [-0.05, 0) is 42.3 Å². The van der Waals surface area contributed by atoms with E-state index in [1.54, 1.807) is 84.4 Å². The molecule has 11 rings (SSSR count). The Morgan fingerprint density at radius 3 is 1.97 bits per heavy atom. The fourth-order valence-corrected chi connectivity index (χ4v) is 15.5. The minimum atomic E-state index is -1.33. The maximum atomic E-state index is 15.6. The van der Waals surface area contributed by atoms with Crippen molar-refractivity contribution in [3.05, 3.63) is 147 Å². The normalized spacial score (nSPS) is 18.9. The first kappa shape index (κ1) is 62.2. The minimum absolute atomic E-state index is 0.0442. The highest BCUT2D eigenvalue weighted by Crippen LogP contribution is 2.44. The predicted octanol–water partition coefficient (Wildman–Crippen LogP) is 7.75. The fourth-order valence-electron chi connectivity index (χ4n) is 10.2. The van der Waals surface area contributed by atoms with Crippen LogP contribution in [0.4, 0.5) is 0 Å². The third-order valence-electron chi connectivity index (χ3n) is 14.3. The van der Waals surface area contributed by atoms with Gasteiger partial charge in [-0.1, -0.05) is 49.4 Å². The average molecular weight is 1330 g/mol. The number of hydrogen-bond donors (Lipinski definition) is 5. The smallest absolute Gasteiger partial charge is 0.308 e. The molecule has 1 saturated heterocycles. The van der Waals surface area contributed by atoms with Gasteiger partial charge in [0, 0.05) is 70.5 Å². The molecule has 0 aliphatic carbocycles. The Bertz CT molecular complexity index is 4290. The third-order valence-corrected chi connectivity index (χ3v) is 19.8. The number of carbonyl (C=O) groups is 9. The van der Waals surface area contributed by atoms with Crippen LogP contribution < -0.4 is 32.2 Å². The number of thiazole rings is 6. The second-order valence-electron chi connectivity index (χ2n) is 20.7. The van der Waals surface area contributed by atoms with E-state index < -0.39 is 102 Å². The van der Waals surface area contributed by atoms with Crippen molar-refractivity contribution in [1.82, 2.24) is 55.7 Å². The molecule has 2 aliphatic rings. The number of esters is 3. The topological polar surface area (TPSA) is 363 Å². The lowest BCUT2D eigenvalue weighted by Crippen LogP contribution is -2.50. The quantitative estimate of drug-likeness (QED) is 0.0610. The van der Waals surface area contributed by atoms with E-state index >= 15 is 4.79 Å². The molecule has 7 aromatic heterocycles. The number of nitrogens with one attached hydrogen (secondary N) is 3. The summed E-state index contributed by atoms with van der Waals surface area (Å²) in [6, 6.07) is 13.8. The van der Waals surface area contributed by atoms with Crippen molar-refractivity contribution in [2.45, 2.75) is 83.8 Å². The Morgan fingerprint density at radius 2 is 1.27 bits per heavy atom. The Labute approximate surface area is 535 Å². The molecule has 0 saturated carbocycles. The van der Waals surface area contributed by atoms with Crippen LogP contribution in [0.15, 0.2) is 93.6 Å². The van der Waals surface area contributed by atoms with Crippen LogP contribution in [0.1, 0.15) is 131 Å². The summed E-state index contributed by atoms with van der Waals surface area (Å²) in [7, 11) is 0. The summed E-state index contributed by atoms with van der Waals surface area (Å²) >= 11 is 6.76. The summed E-state index contributed by atoms with van der Waals surface area (Å²) in [5.41, 5.74) is 14.0. The highest BCUT2D eigenvalue weighted by Gasteiger charge is 2.48. The van der Waals surface area contributed by atoms with E-state index in [2.05, 4.69) is 25.9 Å². The Morgan fingerprint density at radius 1 is 0.622 bits per heavy atom. The monoisotopic (exact) mass is 1330 g/mol. The van der Waals surface area contributed by atoms with Gasteiger partial charge >= 0.3 is 17.9 Å². The number of nitrogens with zero attached hydrogens (tertiary/aromatic N) is 8. The molecule has 7 N–H and O–H groups in total. The fraction of sp³-hybridized carbons (Fsp3) is 0.254. The van der Waals surface area contributed by atoms with Gasteiger partial charge in [-0.2, -0.15) is 0 Å². The number of aryl methyl sites for hydroxylation is 1. The van der Waals surface area contributed by atoms with Crippen LogP contribution in [0.2, 0.25) is 0 Å². The highest BCUT2D eigenvalue weighted by molar-refractivity contribution is 7.15. The Hall–Kier alpha value is -9.40. The van der Waals surface area contributed by atoms with Crippen LogP contribution in [0.25, 0.3) is 43.4 Å². The number of nitrogens with two attached hydrogens (primary N) is 2. The molecule has 31 heteroatoms. The molecule has 0 radical (unpaired) electrons. The lowest BCUT2D eigenvalue weighted by Gasteiger charge is -2.29. The van der Waals surface area contributed by atoms with E-state index in [0.717, 1.165) is 45.3 Å². The van der Waals surface area contributed by atoms with Gasteiger partial charge in [-0.15, -0.1) is 68.0 Å². The second kappa shape index (κ2) is 26.4. The zero-order valence-electron chi connectivity index (χ0n) is 48.0. The second-order valence-corrected chi connectivity index (χ2v) is 26.3. The summed E-state index contributed by atoms with van der Waals surface area (Å²) in [6.07, 6.45) is -2.58. The Balaban J connectivity index is 1.05. The number of primary amides is 2. The van der Waals surface area contributed by atoms with E-state index in [-0.39, 0.29) is 51.5 Å². The summed E-state index contributed by atoms with van der Waals surface area (Å²) < 4.78 is 17.1. The number of hydrogen-bond acceptors (Lipinski definition) is 25. The summed E-state index contributed by atoms with van der Waals surface area (Å²) in [5, 5.41) is 18.6. The average Bonchev–Trinajstić information content (AvgIpc) is 1.67. The molecule has 9 aromatic rings. The molecule has 25 nitrogen and oxygen atoms in total. The van der Waals surface area contributed by atoms with E-state index in [0.29, 0.717) is 64.4 Å². The van der Waals surface area contributed by atoms with Gasteiger partial charge in [0.05, 0.1) is 30.7 Å². The minimum Gasteiger partial charge on any atom is -0.460 e. The molecule has 7 atom stereocenters. The van der Waals surface area contributed by atoms with Crippen molar-refractivity contribution in [2.75, 3.05) is 6.54 Å². The standard InChI is InChI=1S/C59H51N13O12S6/c1-25-42(83-28(4)74)19-72-47(25)58-69-41(24-89-58)55-65-37(20-86-55)45-33(15-16-34(62-45)54-66-38(21-87-54)49(61)77)53-67-39(22-85-53)50(78)63-35(18-43(60)76)56-71-44(26(2)90-56)52(80)70-46(48(84-29(5)75)31-9-7-6-8-10-31)57-68-40(23-88-57)51(79)64-36(59(72)81)17-30-11-13-32(14-12-30)82-27(3)73/h6-16,20-25,35-36,42,46-48H,17-19H2,1-5H3,(H2,60,76)(H2,61,77)(H,63,78)(H,64,79)(H,70,80)/t25-,35-,36-,42?,46-,47-,48+/m0/s1. The van der Waals surface area contributed by atoms with Crippen molar-refractivity contribution in [3.8, 4) is 49.1 Å². The largest absolute Gasteiger partial charge is 0.460 e. The van der Waals surface area contributed by atoms with E-state index in [1.165, 1.54) is 64.5 Å². The van der Waals surface area contributed by atoms with Crippen LogP contribution in [-0.2, 0) is 39.9 Å². The molecular formula is C59H51N13O12S6. The lowest BCUT2D eigenvalue weighted by molar-refractivity contribution is -0.149. The van der Waals surface area contributed by atoms with Crippen LogP contribution in [0.5, 0.6) is 5.75 Å². The van der Waals surface area contributed by atoms with Crippen molar-refractivity contribution in [1.29, 1.82) is 0 Å². The summed E-state index contributed by atoms with van der Waals surface area (Å²) in [6.45, 7) is 7.10. The highest BCUT2D eigenvalue weighted by atomic mass is 32.1. The number of amides is 6. The molecule has 6 amide bonds. The van der Waals surface area contributed by atoms with E-state index in [9.17, 15) is 38.4 Å². The van der Waals surface area contributed by atoms with Gasteiger partial charge in [0.2, 0.25) is 11.8 Å². The van der Waals surface area contributed by atoms with Crippen LogP contribution in [0.3, 0.4) is 0 Å². The summed E-state index contributed by atoms with van der Waals surface area (Å²) in [5.74, 6) is -6.50. The van der Waals surface area contributed by atoms with Crippen molar-refractivity contribution >= 4 is 121 Å². The summed E-state index contributed by atoms with van der Waals surface area (Å²) in [4.78, 5) is 157. The van der Waals surface area contributed by atoms with E-state index in [4.69, 9.17) is 50.6 Å². The first-order chi connectivity index (χ1) is 43.1. The lowest BCUT2D eigenvalue weighted by atomic mass is 10.00. The van der Waals surface area contributed by atoms with Gasteiger partial charge in [0.15, 0.2) is 6.10 Å². The molecular weight excluding hydrogens is 1280 g/mol. The SMILES string of the molecule is CC(=O)Oc1ccc(C[C@@H]2NC(=O)c3csc(n3)[C@H]([C@H](OC(C)=O)c3ccccc3)NC(=O)c3nc(sc3C)[C@H](CC(N)=O)NC(=O)c3csc(n3)-c3ccc(-c4nc(C(N)=O)cs4)nc3-c3csc(n3)-c3csc(n3)[C@@H]3[C@@H](C)C(OC(C)=O)CN3C2=O)cc1. The van der Waals surface area contributed by atoms with Crippen molar-refractivity contribution in [2.24, 2.45) is 17.4 Å². The molecule has 2 aliphatic heterocycles. The molecule has 0 spiro atoms. The maximum Gasteiger partial charge on any atom is 0.308 e. The molecule has 1 fully saturated rings. The predicted molar refractivity (Wildman–Crippen MR) is 333 cm³/mol. The molecule has 9 heterocycles. The molecule has 10 bridgehead atoms. The van der Waals surface area contributed by atoms with Gasteiger partial charge < -0.3 is 46.5 Å². The Kier molecular flexibility index (Phi) is 18.2. The van der Waals surface area contributed by atoms with Crippen LogP contribution >= 0.6 is 68.0 Å². The number of benzene rings is 2. The first-order valence-corrected chi connectivity index (χ1v) is 32.6. The van der Waals surface area contributed by atoms with Crippen LogP contribution in [-0.4, -0.2) is 112 Å².